The van der Waals surface area contributed by atoms with Crippen LogP contribution in [-0.4, -0.2) is 15.9 Å². The van der Waals surface area contributed by atoms with E-state index < -0.39 is 0 Å². The molecule has 0 radical (unpaired) electrons. The summed E-state index contributed by atoms with van der Waals surface area (Å²) in [5.74, 6) is -0.0152. The lowest BCUT2D eigenvalue weighted by Gasteiger charge is -2.05. The number of nitrogens with zero attached hydrogens (tertiary/aromatic N) is 2. The molecule has 2 rings (SSSR count). The van der Waals surface area contributed by atoms with Crippen LogP contribution in [0.2, 0.25) is 0 Å². The van der Waals surface area contributed by atoms with Crippen molar-refractivity contribution in [3.8, 4) is 0 Å². The van der Waals surface area contributed by atoms with Gasteiger partial charge in [-0.3, -0.25) is 4.79 Å². The first-order valence-corrected chi connectivity index (χ1v) is 6.71. The summed E-state index contributed by atoms with van der Waals surface area (Å²) in [7, 11) is 0. The van der Waals surface area contributed by atoms with Crippen molar-refractivity contribution in [2.75, 3.05) is 0 Å². The van der Waals surface area contributed by atoms with E-state index in [-0.39, 0.29) is 5.91 Å². The molecule has 1 aromatic carbocycles. The Bertz CT molecular complexity index is 569. The third kappa shape index (κ3) is 4.44. The molecule has 0 unspecified atom stereocenters. The molecule has 0 saturated carbocycles. The summed E-state index contributed by atoms with van der Waals surface area (Å²) in [6, 6.07) is 9.57. The van der Waals surface area contributed by atoms with E-state index in [4.69, 9.17) is 0 Å². The predicted molar refractivity (Wildman–Crippen MR) is 76.5 cm³/mol. The highest BCUT2D eigenvalue weighted by Gasteiger charge is 2.04. The summed E-state index contributed by atoms with van der Waals surface area (Å²) >= 11 is 3.37. The first kappa shape index (κ1) is 13.7. The number of halogens is 1. The number of amides is 1. The molecular formula is C14H14BrN3O. The Hall–Kier alpha value is -1.75. The molecule has 1 aromatic heterocycles. The Balaban J connectivity index is 1.86. The maximum absolute atomic E-state index is 11.8. The van der Waals surface area contributed by atoms with Gasteiger partial charge in [-0.1, -0.05) is 28.1 Å². The number of hydrogen-bond acceptors (Lipinski definition) is 3. The summed E-state index contributed by atoms with van der Waals surface area (Å²) in [6.45, 7) is 2.33. The van der Waals surface area contributed by atoms with Crippen LogP contribution in [0.5, 0.6) is 0 Å². The highest BCUT2D eigenvalue weighted by atomic mass is 79.9. The zero-order valence-corrected chi connectivity index (χ0v) is 12.1. The largest absolute Gasteiger partial charge is 0.350 e. The van der Waals surface area contributed by atoms with Crippen LogP contribution >= 0.6 is 15.9 Å². The molecule has 0 spiro atoms. The topological polar surface area (TPSA) is 54.9 Å². The van der Waals surface area contributed by atoms with E-state index in [1.807, 2.05) is 37.3 Å². The summed E-state index contributed by atoms with van der Waals surface area (Å²) in [5, 5.41) is 2.85. The minimum atomic E-state index is -0.0152. The Kier molecular flexibility index (Phi) is 4.63. The number of aromatic nitrogens is 2. The fourth-order valence-corrected chi connectivity index (χ4v) is 1.91. The number of aryl methyl sites for hydroxylation is 1. The Morgan fingerprint density at radius 2 is 2.00 bits per heavy atom. The van der Waals surface area contributed by atoms with Crippen molar-refractivity contribution in [2.45, 2.75) is 19.9 Å². The summed E-state index contributed by atoms with van der Waals surface area (Å²) in [4.78, 5) is 19.9. The Morgan fingerprint density at radius 3 is 2.68 bits per heavy atom. The van der Waals surface area contributed by atoms with Gasteiger partial charge in [0.2, 0.25) is 5.91 Å². The second-order valence-electron chi connectivity index (χ2n) is 4.23. The standard InChI is InChI=1S/C14H14BrN3O/c1-10-6-13(18-9-17-10)8-16-14(19)7-11-2-4-12(15)5-3-11/h2-6,9H,7-8H2,1H3,(H,16,19). The van der Waals surface area contributed by atoms with Crippen molar-refractivity contribution in [3.63, 3.8) is 0 Å². The maximum Gasteiger partial charge on any atom is 0.224 e. The van der Waals surface area contributed by atoms with Gasteiger partial charge in [0.05, 0.1) is 18.7 Å². The molecular weight excluding hydrogens is 306 g/mol. The molecule has 0 saturated heterocycles. The molecule has 0 aliphatic carbocycles. The lowest BCUT2D eigenvalue weighted by atomic mass is 10.1. The number of carbonyl (C=O) groups excluding carboxylic acids is 1. The lowest BCUT2D eigenvalue weighted by Crippen LogP contribution is -2.25. The molecule has 5 heteroatoms. The average molecular weight is 320 g/mol. The highest BCUT2D eigenvalue weighted by molar-refractivity contribution is 9.10. The normalized spacial score (nSPS) is 10.2. The van der Waals surface area contributed by atoms with Crippen LogP contribution in [0.4, 0.5) is 0 Å². The molecule has 98 valence electrons. The zero-order chi connectivity index (χ0) is 13.7. The monoisotopic (exact) mass is 319 g/mol. The Labute approximate surface area is 120 Å². The fraction of sp³-hybridized carbons (Fsp3) is 0.214. The van der Waals surface area contributed by atoms with Crippen LogP contribution in [0.15, 0.2) is 41.1 Å². The molecule has 1 heterocycles. The van der Waals surface area contributed by atoms with Crippen LogP contribution in [0.1, 0.15) is 17.0 Å². The number of rotatable bonds is 4. The van der Waals surface area contributed by atoms with Gasteiger partial charge in [0.1, 0.15) is 6.33 Å². The van der Waals surface area contributed by atoms with Crippen molar-refractivity contribution < 1.29 is 4.79 Å². The summed E-state index contributed by atoms with van der Waals surface area (Å²) in [5.41, 5.74) is 2.70. The van der Waals surface area contributed by atoms with Gasteiger partial charge in [-0.2, -0.15) is 0 Å². The van der Waals surface area contributed by atoms with E-state index in [1.165, 1.54) is 6.33 Å². The first-order chi connectivity index (χ1) is 9.13. The minimum Gasteiger partial charge on any atom is -0.350 e. The zero-order valence-electron chi connectivity index (χ0n) is 10.6. The highest BCUT2D eigenvalue weighted by Crippen LogP contribution is 2.10. The molecule has 0 fully saturated rings. The van der Waals surface area contributed by atoms with E-state index in [0.717, 1.165) is 21.4 Å². The molecule has 4 nitrogen and oxygen atoms in total. The SMILES string of the molecule is Cc1cc(CNC(=O)Cc2ccc(Br)cc2)ncn1. The van der Waals surface area contributed by atoms with Crippen LogP contribution in [-0.2, 0) is 17.8 Å². The third-order valence-electron chi connectivity index (χ3n) is 2.61. The van der Waals surface area contributed by atoms with Crippen LogP contribution in [0.3, 0.4) is 0 Å². The molecule has 0 atom stereocenters. The maximum atomic E-state index is 11.8. The number of nitrogens with one attached hydrogen (secondary N) is 1. The molecule has 0 bridgehead atoms. The van der Waals surface area contributed by atoms with Gasteiger partial charge in [0.25, 0.3) is 0 Å². The average Bonchev–Trinajstić information content (AvgIpc) is 2.39. The van der Waals surface area contributed by atoms with Crippen molar-refractivity contribution >= 4 is 21.8 Å². The van der Waals surface area contributed by atoms with Gasteiger partial charge in [-0.15, -0.1) is 0 Å². The van der Waals surface area contributed by atoms with Gasteiger partial charge < -0.3 is 5.32 Å². The fourth-order valence-electron chi connectivity index (χ4n) is 1.65. The van der Waals surface area contributed by atoms with Crippen molar-refractivity contribution in [1.29, 1.82) is 0 Å². The van der Waals surface area contributed by atoms with Gasteiger partial charge in [-0.25, -0.2) is 9.97 Å². The number of hydrogen-bond donors (Lipinski definition) is 1. The number of benzene rings is 1. The predicted octanol–water partition coefficient (Wildman–Crippen LogP) is 2.41. The summed E-state index contributed by atoms with van der Waals surface area (Å²) < 4.78 is 1.01. The third-order valence-corrected chi connectivity index (χ3v) is 3.13. The van der Waals surface area contributed by atoms with E-state index in [9.17, 15) is 4.79 Å². The molecule has 2 aromatic rings. The summed E-state index contributed by atoms with van der Waals surface area (Å²) in [6.07, 6.45) is 1.88. The second kappa shape index (κ2) is 6.43. The van der Waals surface area contributed by atoms with Crippen molar-refractivity contribution in [3.05, 3.63) is 58.1 Å². The molecule has 1 N–H and O–H groups in total. The molecule has 0 aliphatic rings. The van der Waals surface area contributed by atoms with Crippen LogP contribution in [0.25, 0.3) is 0 Å². The van der Waals surface area contributed by atoms with Gasteiger partial charge >= 0.3 is 0 Å². The van der Waals surface area contributed by atoms with Gasteiger partial charge in [0.15, 0.2) is 0 Å². The molecule has 0 aliphatic heterocycles. The first-order valence-electron chi connectivity index (χ1n) is 5.92. The minimum absolute atomic E-state index is 0.0152. The Morgan fingerprint density at radius 1 is 1.26 bits per heavy atom. The quantitative estimate of drug-likeness (QED) is 0.941. The lowest BCUT2D eigenvalue weighted by molar-refractivity contribution is -0.120. The smallest absolute Gasteiger partial charge is 0.224 e. The van der Waals surface area contributed by atoms with E-state index in [0.29, 0.717) is 13.0 Å². The van der Waals surface area contributed by atoms with Gasteiger partial charge in [0, 0.05) is 10.2 Å². The molecule has 19 heavy (non-hydrogen) atoms. The van der Waals surface area contributed by atoms with Crippen LogP contribution < -0.4 is 5.32 Å². The van der Waals surface area contributed by atoms with E-state index >= 15 is 0 Å². The van der Waals surface area contributed by atoms with Gasteiger partial charge in [-0.05, 0) is 30.7 Å². The second-order valence-corrected chi connectivity index (χ2v) is 5.15. The van der Waals surface area contributed by atoms with Crippen molar-refractivity contribution in [2.24, 2.45) is 0 Å². The van der Waals surface area contributed by atoms with E-state index in [2.05, 4.69) is 31.2 Å². The van der Waals surface area contributed by atoms with Crippen molar-refractivity contribution in [1.82, 2.24) is 15.3 Å². The number of carbonyl (C=O) groups is 1. The molecule has 1 amide bonds. The van der Waals surface area contributed by atoms with E-state index in [1.54, 1.807) is 0 Å². The van der Waals surface area contributed by atoms with Crippen LogP contribution in [0, 0.1) is 6.92 Å².